The molecule has 0 atom stereocenters. The number of thiophene rings is 1. The van der Waals surface area contributed by atoms with Gasteiger partial charge in [0, 0.05) is 12.6 Å². The molecule has 0 aromatic carbocycles. The van der Waals surface area contributed by atoms with Gasteiger partial charge in [0.2, 0.25) is 0 Å². The summed E-state index contributed by atoms with van der Waals surface area (Å²) in [7, 11) is 1.84. The second-order valence-electron chi connectivity index (χ2n) is 2.32. The first-order valence-electron chi connectivity index (χ1n) is 3.36. The highest BCUT2D eigenvalue weighted by atomic mass is 35.5. The van der Waals surface area contributed by atoms with Gasteiger partial charge in [0.1, 0.15) is 10.7 Å². The van der Waals surface area contributed by atoms with E-state index in [1.165, 1.54) is 17.7 Å². The molecule has 2 aromatic rings. The van der Waals surface area contributed by atoms with Crippen molar-refractivity contribution in [3.05, 3.63) is 22.1 Å². The standard InChI is InChI=1S/C7H6ClN3S/c1-11-7(9-4-10-11)5-2-3-12-6(5)8/h2-4H,1H3. The number of hydrogen-bond donors (Lipinski definition) is 0. The molecule has 0 unspecified atom stereocenters. The summed E-state index contributed by atoms with van der Waals surface area (Å²) in [5.41, 5.74) is 0.946. The zero-order chi connectivity index (χ0) is 8.55. The van der Waals surface area contributed by atoms with Gasteiger partial charge >= 0.3 is 0 Å². The van der Waals surface area contributed by atoms with Crippen LogP contribution in [0.5, 0.6) is 0 Å². The van der Waals surface area contributed by atoms with E-state index in [9.17, 15) is 0 Å². The van der Waals surface area contributed by atoms with E-state index in [1.807, 2.05) is 18.5 Å². The summed E-state index contributed by atoms with van der Waals surface area (Å²) in [4.78, 5) is 4.09. The number of hydrogen-bond acceptors (Lipinski definition) is 3. The fourth-order valence-corrected chi connectivity index (χ4v) is 1.91. The quantitative estimate of drug-likeness (QED) is 0.705. The normalized spacial score (nSPS) is 10.5. The monoisotopic (exact) mass is 199 g/mol. The summed E-state index contributed by atoms with van der Waals surface area (Å²) < 4.78 is 2.46. The minimum absolute atomic E-state index is 0.756. The summed E-state index contributed by atoms with van der Waals surface area (Å²) in [5, 5.41) is 5.90. The maximum absolute atomic E-state index is 5.94. The lowest BCUT2D eigenvalue weighted by molar-refractivity contribution is 0.775. The SMILES string of the molecule is Cn1ncnc1-c1ccsc1Cl. The number of nitrogens with zero attached hydrogens (tertiary/aromatic N) is 3. The molecule has 12 heavy (non-hydrogen) atoms. The van der Waals surface area contributed by atoms with Gasteiger partial charge in [-0.15, -0.1) is 11.3 Å². The van der Waals surface area contributed by atoms with Gasteiger partial charge in [-0.05, 0) is 11.4 Å². The van der Waals surface area contributed by atoms with Crippen molar-refractivity contribution in [2.24, 2.45) is 7.05 Å². The zero-order valence-corrected chi connectivity index (χ0v) is 7.93. The highest BCUT2D eigenvalue weighted by Crippen LogP contribution is 2.30. The van der Waals surface area contributed by atoms with Crippen molar-refractivity contribution in [1.29, 1.82) is 0 Å². The predicted octanol–water partition coefficient (Wildman–Crippen LogP) is 2.20. The zero-order valence-electron chi connectivity index (χ0n) is 6.36. The highest BCUT2D eigenvalue weighted by molar-refractivity contribution is 7.15. The van der Waals surface area contributed by atoms with Gasteiger partial charge in [0.15, 0.2) is 5.82 Å². The topological polar surface area (TPSA) is 30.7 Å². The van der Waals surface area contributed by atoms with Crippen molar-refractivity contribution >= 4 is 22.9 Å². The van der Waals surface area contributed by atoms with Gasteiger partial charge in [0.25, 0.3) is 0 Å². The first-order valence-corrected chi connectivity index (χ1v) is 4.62. The molecule has 0 aliphatic carbocycles. The van der Waals surface area contributed by atoms with E-state index in [0.717, 1.165) is 15.7 Å². The number of halogens is 1. The molecule has 0 aliphatic heterocycles. The molecule has 0 bridgehead atoms. The number of aromatic nitrogens is 3. The Labute approximate surface area is 78.6 Å². The van der Waals surface area contributed by atoms with Gasteiger partial charge in [-0.25, -0.2) is 9.67 Å². The van der Waals surface area contributed by atoms with Crippen molar-refractivity contribution in [2.75, 3.05) is 0 Å². The summed E-state index contributed by atoms with van der Waals surface area (Å²) in [5.74, 6) is 0.807. The lowest BCUT2D eigenvalue weighted by atomic mass is 10.3. The first kappa shape index (κ1) is 7.76. The molecule has 2 aromatic heterocycles. The third-order valence-electron chi connectivity index (χ3n) is 1.57. The highest BCUT2D eigenvalue weighted by Gasteiger charge is 2.08. The molecule has 3 nitrogen and oxygen atoms in total. The Kier molecular flexibility index (Phi) is 1.86. The van der Waals surface area contributed by atoms with Crippen LogP contribution >= 0.6 is 22.9 Å². The van der Waals surface area contributed by atoms with Crippen molar-refractivity contribution in [1.82, 2.24) is 14.8 Å². The van der Waals surface area contributed by atoms with Crippen LogP contribution in [0.2, 0.25) is 4.34 Å². The third-order valence-corrected chi connectivity index (χ3v) is 2.74. The van der Waals surface area contributed by atoms with E-state index >= 15 is 0 Å². The Balaban J connectivity index is 2.57. The van der Waals surface area contributed by atoms with Crippen LogP contribution in [-0.4, -0.2) is 14.8 Å². The van der Waals surface area contributed by atoms with Crippen molar-refractivity contribution < 1.29 is 0 Å². The predicted molar refractivity (Wildman–Crippen MR) is 49.3 cm³/mol. The van der Waals surface area contributed by atoms with Crippen LogP contribution in [0, 0.1) is 0 Å². The molecule has 0 saturated carbocycles. The van der Waals surface area contributed by atoms with Crippen LogP contribution in [0.3, 0.4) is 0 Å². The fourth-order valence-electron chi connectivity index (χ4n) is 0.993. The van der Waals surface area contributed by atoms with Gasteiger partial charge in [-0.2, -0.15) is 5.10 Å². The Hall–Kier alpha value is -0.870. The van der Waals surface area contributed by atoms with Crippen molar-refractivity contribution in [3.8, 4) is 11.4 Å². The number of aryl methyl sites for hydroxylation is 1. The second kappa shape index (κ2) is 2.88. The Morgan fingerprint density at radius 3 is 2.92 bits per heavy atom. The molecule has 2 heterocycles. The molecule has 2 rings (SSSR count). The smallest absolute Gasteiger partial charge is 0.160 e. The summed E-state index contributed by atoms with van der Waals surface area (Å²) in [6.45, 7) is 0. The van der Waals surface area contributed by atoms with E-state index in [2.05, 4.69) is 10.1 Å². The molecule has 0 radical (unpaired) electrons. The maximum Gasteiger partial charge on any atom is 0.160 e. The van der Waals surface area contributed by atoms with Crippen LogP contribution in [-0.2, 0) is 7.05 Å². The molecular formula is C7H6ClN3S. The van der Waals surface area contributed by atoms with Crippen LogP contribution in [0.1, 0.15) is 0 Å². The lowest BCUT2D eigenvalue weighted by Crippen LogP contribution is -1.93. The molecule has 5 heteroatoms. The van der Waals surface area contributed by atoms with Crippen LogP contribution < -0.4 is 0 Å². The Bertz CT molecular complexity index is 355. The largest absolute Gasteiger partial charge is 0.249 e. The van der Waals surface area contributed by atoms with Crippen molar-refractivity contribution in [2.45, 2.75) is 0 Å². The average Bonchev–Trinajstić information content (AvgIpc) is 2.59. The molecule has 0 spiro atoms. The van der Waals surface area contributed by atoms with Gasteiger partial charge in [-0.3, -0.25) is 0 Å². The molecule has 0 N–H and O–H groups in total. The van der Waals surface area contributed by atoms with E-state index in [0.29, 0.717) is 0 Å². The van der Waals surface area contributed by atoms with Gasteiger partial charge in [0.05, 0.1) is 0 Å². The molecule has 0 saturated heterocycles. The Morgan fingerprint density at radius 1 is 1.58 bits per heavy atom. The van der Waals surface area contributed by atoms with Crippen LogP contribution in [0.25, 0.3) is 11.4 Å². The van der Waals surface area contributed by atoms with Crippen molar-refractivity contribution in [3.63, 3.8) is 0 Å². The molecule has 0 amide bonds. The first-order chi connectivity index (χ1) is 5.79. The molecule has 0 aliphatic rings. The van der Waals surface area contributed by atoms with Gasteiger partial charge in [-0.1, -0.05) is 11.6 Å². The molecule has 62 valence electrons. The van der Waals surface area contributed by atoms with E-state index in [-0.39, 0.29) is 0 Å². The van der Waals surface area contributed by atoms with Crippen LogP contribution in [0.4, 0.5) is 0 Å². The third kappa shape index (κ3) is 1.13. The fraction of sp³-hybridized carbons (Fsp3) is 0.143. The van der Waals surface area contributed by atoms with Gasteiger partial charge < -0.3 is 0 Å². The summed E-state index contributed by atoms with van der Waals surface area (Å²) >= 11 is 7.44. The van der Waals surface area contributed by atoms with E-state index in [4.69, 9.17) is 11.6 Å². The lowest BCUT2D eigenvalue weighted by Gasteiger charge is -1.95. The second-order valence-corrected chi connectivity index (χ2v) is 3.83. The average molecular weight is 200 g/mol. The Morgan fingerprint density at radius 2 is 2.42 bits per heavy atom. The summed E-state index contributed by atoms with van der Waals surface area (Å²) in [6, 6.07) is 1.94. The molecular weight excluding hydrogens is 194 g/mol. The minimum atomic E-state index is 0.756. The summed E-state index contributed by atoms with van der Waals surface area (Å²) in [6.07, 6.45) is 1.52. The maximum atomic E-state index is 5.94. The minimum Gasteiger partial charge on any atom is -0.249 e. The van der Waals surface area contributed by atoms with Crippen LogP contribution in [0.15, 0.2) is 17.8 Å². The van der Waals surface area contributed by atoms with E-state index in [1.54, 1.807) is 4.68 Å². The van der Waals surface area contributed by atoms with E-state index < -0.39 is 0 Å². The molecule has 0 fully saturated rings. The number of rotatable bonds is 1.